The average molecular weight is 220 g/mol. The standard InChI is InChI=1S/C14H24N2/c1-14(2,8-3-9-15)10-16-13(11-4-5-11)12-6-7-12/h11-13,16H,3-8,10H2,1-2H3. The Morgan fingerprint density at radius 3 is 2.25 bits per heavy atom. The molecule has 0 amide bonds. The Bertz CT molecular complexity index is 257. The van der Waals surface area contributed by atoms with Gasteiger partial charge < -0.3 is 5.32 Å². The smallest absolute Gasteiger partial charge is 0.0621 e. The van der Waals surface area contributed by atoms with E-state index in [1.54, 1.807) is 0 Å². The molecule has 0 bridgehead atoms. The predicted molar refractivity (Wildman–Crippen MR) is 65.9 cm³/mol. The van der Waals surface area contributed by atoms with E-state index >= 15 is 0 Å². The molecular weight excluding hydrogens is 196 g/mol. The highest BCUT2D eigenvalue weighted by Gasteiger charge is 2.41. The van der Waals surface area contributed by atoms with E-state index in [1.165, 1.54) is 25.7 Å². The van der Waals surface area contributed by atoms with E-state index in [0.717, 1.165) is 30.8 Å². The molecule has 0 radical (unpaired) electrons. The van der Waals surface area contributed by atoms with Gasteiger partial charge in [-0.15, -0.1) is 0 Å². The van der Waals surface area contributed by atoms with Crippen molar-refractivity contribution in [3.05, 3.63) is 0 Å². The van der Waals surface area contributed by atoms with E-state index in [4.69, 9.17) is 5.26 Å². The number of rotatable bonds is 7. The highest BCUT2D eigenvalue weighted by Crippen LogP contribution is 2.44. The van der Waals surface area contributed by atoms with Gasteiger partial charge in [0, 0.05) is 19.0 Å². The molecule has 0 atom stereocenters. The largest absolute Gasteiger partial charge is 0.313 e. The molecular formula is C14H24N2. The molecule has 2 saturated carbocycles. The summed E-state index contributed by atoms with van der Waals surface area (Å²) in [6, 6.07) is 3.05. The van der Waals surface area contributed by atoms with Gasteiger partial charge in [0.15, 0.2) is 0 Å². The first-order chi connectivity index (χ1) is 7.62. The maximum Gasteiger partial charge on any atom is 0.0621 e. The predicted octanol–water partition coefficient (Wildman–Crippen LogP) is 3.09. The van der Waals surface area contributed by atoms with Crippen LogP contribution in [-0.2, 0) is 0 Å². The molecule has 0 aromatic heterocycles. The van der Waals surface area contributed by atoms with Gasteiger partial charge in [-0.2, -0.15) is 5.26 Å². The molecule has 16 heavy (non-hydrogen) atoms. The molecule has 0 aromatic rings. The summed E-state index contributed by atoms with van der Waals surface area (Å²) in [7, 11) is 0. The lowest BCUT2D eigenvalue weighted by molar-refractivity contribution is 0.280. The van der Waals surface area contributed by atoms with Crippen molar-refractivity contribution in [1.82, 2.24) is 5.32 Å². The summed E-state index contributed by atoms with van der Waals surface area (Å²) in [5, 5.41) is 12.4. The van der Waals surface area contributed by atoms with Crippen molar-refractivity contribution in [1.29, 1.82) is 5.26 Å². The van der Waals surface area contributed by atoms with Crippen LogP contribution in [0.1, 0.15) is 52.4 Å². The third-order valence-electron chi connectivity index (χ3n) is 3.99. The summed E-state index contributed by atoms with van der Waals surface area (Å²) in [5.41, 5.74) is 0.276. The summed E-state index contributed by atoms with van der Waals surface area (Å²) in [5.74, 6) is 1.94. The van der Waals surface area contributed by atoms with Crippen LogP contribution in [0.25, 0.3) is 0 Å². The molecule has 2 aliphatic rings. The van der Waals surface area contributed by atoms with Crippen LogP contribution in [0.3, 0.4) is 0 Å². The van der Waals surface area contributed by atoms with Crippen LogP contribution >= 0.6 is 0 Å². The molecule has 0 saturated heterocycles. The monoisotopic (exact) mass is 220 g/mol. The lowest BCUT2D eigenvalue weighted by Crippen LogP contribution is -2.39. The van der Waals surface area contributed by atoms with Crippen LogP contribution < -0.4 is 5.32 Å². The zero-order valence-corrected chi connectivity index (χ0v) is 10.6. The van der Waals surface area contributed by atoms with E-state index < -0.39 is 0 Å². The highest BCUT2D eigenvalue weighted by molar-refractivity contribution is 4.97. The van der Waals surface area contributed by atoms with Crippen molar-refractivity contribution in [3.8, 4) is 6.07 Å². The Labute approximate surface area is 99.4 Å². The molecule has 0 aliphatic heterocycles. The number of nitriles is 1. The van der Waals surface area contributed by atoms with Gasteiger partial charge in [-0.25, -0.2) is 0 Å². The molecule has 2 heteroatoms. The van der Waals surface area contributed by atoms with Crippen LogP contribution in [0.5, 0.6) is 0 Å². The first-order valence-electron chi connectivity index (χ1n) is 6.73. The Kier molecular flexibility index (Phi) is 3.54. The topological polar surface area (TPSA) is 35.8 Å². The lowest BCUT2D eigenvalue weighted by atomic mass is 9.87. The van der Waals surface area contributed by atoms with Crippen molar-refractivity contribution in [2.24, 2.45) is 17.3 Å². The summed E-state index contributed by atoms with van der Waals surface area (Å²) in [4.78, 5) is 0. The molecule has 0 heterocycles. The van der Waals surface area contributed by atoms with Crippen molar-refractivity contribution in [2.45, 2.75) is 58.4 Å². The van der Waals surface area contributed by atoms with Crippen LogP contribution in [0.15, 0.2) is 0 Å². The van der Waals surface area contributed by atoms with Crippen molar-refractivity contribution in [3.63, 3.8) is 0 Å². The van der Waals surface area contributed by atoms with Crippen LogP contribution in [0.4, 0.5) is 0 Å². The van der Waals surface area contributed by atoms with E-state index in [-0.39, 0.29) is 5.41 Å². The Morgan fingerprint density at radius 2 is 1.81 bits per heavy atom. The van der Waals surface area contributed by atoms with Crippen molar-refractivity contribution < 1.29 is 0 Å². The lowest BCUT2D eigenvalue weighted by Gasteiger charge is -2.28. The van der Waals surface area contributed by atoms with E-state index in [2.05, 4.69) is 25.2 Å². The zero-order chi connectivity index (χ0) is 11.6. The molecule has 0 spiro atoms. The minimum Gasteiger partial charge on any atom is -0.313 e. The van der Waals surface area contributed by atoms with Gasteiger partial charge in [0.2, 0.25) is 0 Å². The van der Waals surface area contributed by atoms with Gasteiger partial charge in [0.1, 0.15) is 0 Å². The Morgan fingerprint density at radius 1 is 1.25 bits per heavy atom. The minimum atomic E-state index is 0.276. The molecule has 2 nitrogen and oxygen atoms in total. The molecule has 2 rings (SSSR count). The molecule has 0 unspecified atom stereocenters. The van der Waals surface area contributed by atoms with Gasteiger partial charge in [0.25, 0.3) is 0 Å². The second-order valence-corrected chi connectivity index (χ2v) is 6.40. The van der Waals surface area contributed by atoms with Gasteiger partial charge >= 0.3 is 0 Å². The fourth-order valence-corrected chi connectivity index (χ4v) is 2.51. The molecule has 90 valence electrons. The fourth-order valence-electron chi connectivity index (χ4n) is 2.51. The van der Waals surface area contributed by atoms with E-state index in [1.807, 2.05) is 0 Å². The molecule has 2 fully saturated rings. The van der Waals surface area contributed by atoms with Crippen LogP contribution in [-0.4, -0.2) is 12.6 Å². The molecule has 1 N–H and O–H groups in total. The molecule has 2 aliphatic carbocycles. The number of nitrogens with one attached hydrogen (secondary N) is 1. The van der Waals surface area contributed by atoms with E-state index in [9.17, 15) is 0 Å². The first kappa shape index (κ1) is 11.9. The quantitative estimate of drug-likeness (QED) is 0.715. The molecule has 0 aromatic carbocycles. The zero-order valence-electron chi connectivity index (χ0n) is 10.6. The summed E-state index contributed by atoms with van der Waals surface area (Å²) < 4.78 is 0. The first-order valence-corrected chi connectivity index (χ1v) is 6.73. The van der Waals surface area contributed by atoms with Crippen molar-refractivity contribution >= 4 is 0 Å². The second kappa shape index (κ2) is 4.75. The number of hydrogen-bond donors (Lipinski definition) is 1. The third-order valence-corrected chi connectivity index (χ3v) is 3.99. The number of hydrogen-bond acceptors (Lipinski definition) is 2. The van der Waals surface area contributed by atoms with E-state index in [0.29, 0.717) is 6.42 Å². The Balaban J connectivity index is 1.73. The normalized spacial score (nSPS) is 21.1. The average Bonchev–Trinajstić information content (AvgIpc) is 3.06. The van der Waals surface area contributed by atoms with Crippen molar-refractivity contribution in [2.75, 3.05) is 6.54 Å². The summed E-state index contributed by atoms with van der Waals surface area (Å²) in [6.45, 7) is 5.62. The summed E-state index contributed by atoms with van der Waals surface area (Å²) in [6.07, 6.45) is 7.45. The fraction of sp³-hybridized carbons (Fsp3) is 0.929. The maximum absolute atomic E-state index is 8.63. The minimum absolute atomic E-state index is 0.276. The summed E-state index contributed by atoms with van der Waals surface area (Å²) >= 11 is 0. The number of nitrogens with zero attached hydrogens (tertiary/aromatic N) is 1. The second-order valence-electron chi connectivity index (χ2n) is 6.40. The SMILES string of the molecule is CC(C)(CCC#N)CNC(C1CC1)C1CC1. The highest BCUT2D eigenvalue weighted by atomic mass is 15.0. The van der Waals surface area contributed by atoms with Gasteiger partial charge in [-0.05, 0) is 49.4 Å². The Hall–Kier alpha value is -0.550. The van der Waals surface area contributed by atoms with Gasteiger partial charge in [-0.3, -0.25) is 0 Å². The van der Waals surface area contributed by atoms with Gasteiger partial charge in [0.05, 0.1) is 6.07 Å². The van der Waals surface area contributed by atoms with Crippen LogP contribution in [0.2, 0.25) is 0 Å². The van der Waals surface area contributed by atoms with Crippen LogP contribution in [0, 0.1) is 28.6 Å². The third kappa shape index (κ3) is 3.49. The maximum atomic E-state index is 8.63. The van der Waals surface area contributed by atoms with Gasteiger partial charge in [-0.1, -0.05) is 13.8 Å².